The Kier molecular flexibility index (Phi) is 9.11. The number of aromatic nitrogens is 6. The fraction of sp³-hybridized carbons (Fsp3) is 0.417. The zero-order valence-corrected chi connectivity index (χ0v) is 28.3. The Bertz CT molecular complexity index is 1920. The van der Waals surface area contributed by atoms with Crippen LogP contribution < -0.4 is 4.74 Å². The van der Waals surface area contributed by atoms with Crippen molar-refractivity contribution in [1.82, 2.24) is 29.7 Å². The van der Waals surface area contributed by atoms with Crippen LogP contribution >= 0.6 is 11.8 Å². The number of ether oxygens (including phenoxy) is 1. The number of halogens is 1. The van der Waals surface area contributed by atoms with Crippen molar-refractivity contribution in [2.24, 2.45) is 18.4 Å². The van der Waals surface area contributed by atoms with E-state index in [1.54, 1.807) is 36.1 Å². The van der Waals surface area contributed by atoms with Gasteiger partial charge in [0.2, 0.25) is 0 Å². The average molecular weight is 657 g/mol. The number of fused-ring (bicyclic) bond motifs is 8. The third kappa shape index (κ3) is 6.90. The highest BCUT2D eigenvalue weighted by molar-refractivity contribution is 7.99. The average Bonchev–Trinajstić information content (AvgIpc) is 3.66. The van der Waals surface area contributed by atoms with Crippen molar-refractivity contribution in [2.45, 2.75) is 65.2 Å². The highest BCUT2D eigenvalue weighted by atomic mass is 32.2. The number of aryl methyl sites for hydroxylation is 2. The summed E-state index contributed by atoms with van der Waals surface area (Å²) in [6, 6.07) is 9.01. The zero-order chi connectivity index (χ0) is 33.3. The molecular weight excluding hydrogens is 616 g/mol. The number of benzene rings is 1. The van der Waals surface area contributed by atoms with Crippen LogP contribution in [0, 0.1) is 17.2 Å². The molecule has 0 saturated heterocycles. The van der Waals surface area contributed by atoms with Gasteiger partial charge in [-0.25, -0.2) is 14.1 Å². The van der Waals surface area contributed by atoms with E-state index in [0.29, 0.717) is 35.9 Å². The summed E-state index contributed by atoms with van der Waals surface area (Å²) in [5.74, 6) is 1.87. The molecule has 47 heavy (non-hydrogen) atoms. The molecule has 5 aromatic rings. The number of nitrogens with zero attached hydrogens (tertiary/aromatic N) is 5. The highest BCUT2D eigenvalue weighted by Crippen LogP contribution is 2.40. The lowest BCUT2D eigenvalue weighted by atomic mass is 9.75. The number of rotatable bonds is 4. The minimum atomic E-state index is -0.836. The fourth-order valence-electron chi connectivity index (χ4n) is 6.38. The molecule has 1 aromatic carbocycles. The Hall–Kier alpha value is -4.25. The number of H-pyrrole nitrogens is 1. The van der Waals surface area contributed by atoms with Crippen LogP contribution in [-0.4, -0.2) is 52.3 Å². The number of pyridine rings is 2. The summed E-state index contributed by atoms with van der Waals surface area (Å²) < 4.78 is 23.6. The van der Waals surface area contributed by atoms with Crippen LogP contribution in [0.5, 0.6) is 11.5 Å². The molecule has 0 saturated carbocycles. The summed E-state index contributed by atoms with van der Waals surface area (Å²) in [6.07, 6.45) is 10.8. The maximum Gasteiger partial charge on any atom is 0.306 e. The summed E-state index contributed by atoms with van der Waals surface area (Å²) in [6.45, 7) is 8.43. The summed E-state index contributed by atoms with van der Waals surface area (Å²) in [5, 5.41) is 15.4. The molecule has 0 aliphatic carbocycles. The van der Waals surface area contributed by atoms with Crippen LogP contribution in [0.2, 0.25) is 0 Å². The summed E-state index contributed by atoms with van der Waals surface area (Å²) in [5.41, 5.74) is 3.41. The van der Waals surface area contributed by atoms with Gasteiger partial charge >= 0.3 is 5.97 Å². The second kappa shape index (κ2) is 13.1. The van der Waals surface area contributed by atoms with Crippen LogP contribution in [0.25, 0.3) is 22.4 Å². The van der Waals surface area contributed by atoms with Crippen LogP contribution in [0.15, 0.2) is 55.1 Å². The van der Waals surface area contributed by atoms with E-state index in [0.717, 1.165) is 58.4 Å². The van der Waals surface area contributed by atoms with Gasteiger partial charge < -0.3 is 14.8 Å². The van der Waals surface area contributed by atoms with Crippen molar-refractivity contribution in [1.29, 1.82) is 0 Å². The van der Waals surface area contributed by atoms with Crippen molar-refractivity contribution >= 4 is 28.6 Å². The first-order valence-electron chi connectivity index (χ1n) is 16.0. The molecule has 4 bridgehead atoms. The molecule has 1 aliphatic heterocycles. The first-order chi connectivity index (χ1) is 22.4. The Labute approximate surface area is 278 Å². The fourth-order valence-corrected chi connectivity index (χ4v) is 7.57. The van der Waals surface area contributed by atoms with E-state index in [1.807, 2.05) is 37.3 Å². The largest absolute Gasteiger partial charge is 0.481 e. The number of hydrogen-bond donors (Lipinski definition) is 2. The van der Waals surface area contributed by atoms with Crippen LogP contribution in [0.4, 0.5) is 4.39 Å². The molecule has 2 atom stereocenters. The van der Waals surface area contributed by atoms with Gasteiger partial charge in [0.25, 0.3) is 0 Å². The lowest BCUT2D eigenvalue weighted by Gasteiger charge is -2.30. The van der Waals surface area contributed by atoms with Crippen molar-refractivity contribution in [2.75, 3.05) is 11.5 Å². The van der Waals surface area contributed by atoms with Crippen LogP contribution in [0.3, 0.4) is 0 Å². The first-order valence-corrected chi connectivity index (χ1v) is 17.2. The molecule has 246 valence electrons. The molecule has 9 nitrogen and oxygen atoms in total. The molecule has 6 rings (SSSR count). The predicted octanol–water partition coefficient (Wildman–Crippen LogP) is 7.74. The maximum absolute atomic E-state index is 15.6. The monoisotopic (exact) mass is 656 g/mol. The third-order valence-corrected chi connectivity index (χ3v) is 10.7. The quantitative estimate of drug-likeness (QED) is 0.202. The Balaban J connectivity index is 1.44. The Morgan fingerprint density at radius 1 is 1.19 bits per heavy atom. The molecule has 0 spiro atoms. The summed E-state index contributed by atoms with van der Waals surface area (Å²) >= 11 is 1.87. The van der Waals surface area contributed by atoms with E-state index in [9.17, 15) is 9.90 Å². The molecule has 0 radical (unpaired) electrons. The number of hydrogen-bond acceptors (Lipinski definition) is 7. The lowest BCUT2D eigenvalue weighted by Crippen LogP contribution is -2.27. The number of nitrogens with one attached hydrogen (secondary N) is 1. The maximum atomic E-state index is 15.6. The summed E-state index contributed by atoms with van der Waals surface area (Å²) in [7, 11) is 1.84. The van der Waals surface area contributed by atoms with Gasteiger partial charge in [-0.2, -0.15) is 16.9 Å². The standard InChI is InChI=1S/C36H41FN6O3S/c1-22(33(44)45)15-23-16-24(20-38-19-23)36(4)11-6-10-35(2,3)21-47-14-9-27-26-8-13-39-29(26)18-28(37)31(27)46-25-7-12-40-30(17-25)32-41-34(36)42-43(32)5/h7-8,12-13,16-20,22,39H,6,9-11,14-15,21H2,1-5H3,(H,44,45). The second-order valence-corrected chi connectivity index (χ2v) is 14.7. The molecule has 2 unspecified atom stereocenters. The van der Waals surface area contributed by atoms with E-state index in [1.165, 1.54) is 6.07 Å². The molecule has 0 fully saturated rings. The minimum Gasteiger partial charge on any atom is -0.481 e. The van der Waals surface area contributed by atoms with Gasteiger partial charge in [0.15, 0.2) is 23.2 Å². The molecule has 2 N–H and O–H groups in total. The number of carboxylic acids is 1. The predicted molar refractivity (Wildman–Crippen MR) is 182 cm³/mol. The molecule has 11 heteroatoms. The normalized spacial score (nSPS) is 19.3. The van der Waals surface area contributed by atoms with Gasteiger partial charge in [0.1, 0.15) is 11.4 Å². The number of thioether (sulfide) groups is 1. The lowest BCUT2D eigenvalue weighted by molar-refractivity contribution is -0.141. The SMILES string of the molecule is CC(Cc1cncc(C2(C)CCCC(C)(C)CSCCc3c(c(F)cc4[nH]ccc34)Oc3ccnc(c3)-c3nc2nn3C)c1)C(=O)O. The molecular formula is C36H41FN6O3S. The highest BCUT2D eigenvalue weighted by Gasteiger charge is 2.35. The van der Waals surface area contributed by atoms with Crippen molar-refractivity contribution in [3.63, 3.8) is 0 Å². The van der Waals surface area contributed by atoms with Gasteiger partial charge in [-0.05, 0) is 72.8 Å². The Morgan fingerprint density at radius 2 is 2.02 bits per heavy atom. The van der Waals surface area contributed by atoms with Crippen molar-refractivity contribution < 1.29 is 19.0 Å². The van der Waals surface area contributed by atoms with Crippen LogP contribution in [-0.2, 0) is 30.1 Å². The van der Waals surface area contributed by atoms with E-state index >= 15 is 4.39 Å². The molecule has 4 aromatic heterocycles. The minimum absolute atomic E-state index is 0.0583. The topological polar surface area (TPSA) is 119 Å². The van der Waals surface area contributed by atoms with Crippen molar-refractivity contribution in [3.8, 4) is 23.0 Å². The smallest absolute Gasteiger partial charge is 0.306 e. The van der Waals surface area contributed by atoms with Crippen molar-refractivity contribution in [3.05, 3.63) is 83.5 Å². The Morgan fingerprint density at radius 3 is 2.83 bits per heavy atom. The number of carboxylic acid groups (broad SMARTS) is 1. The van der Waals surface area contributed by atoms with E-state index in [-0.39, 0.29) is 11.2 Å². The van der Waals surface area contributed by atoms with E-state index in [2.05, 4.69) is 41.8 Å². The molecule has 0 amide bonds. The van der Waals surface area contributed by atoms with E-state index in [4.69, 9.17) is 14.8 Å². The van der Waals surface area contributed by atoms with Crippen LogP contribution in [0.1, 0.15) is 69.5 Å². The van der Waals surface area contributed by atoms with E-state index < -0.39 is 23.1 Å². The zero-order valence-electron chi connectivity index (χ0n) is 27.5. The van der Waals surface area contributed by atoms with Gasteiger partial charge in [-0.15, -0.1) is 0 Å². The number of aromatic amines is 1. The molecule has 1 aliphatic rings. The third-order valence-electron chi connectivity index (χ3n) is 9.22. The molecule has 5 heterocycles. The first kappa shape index (κ1) is 32.7. The number of carbonyl (C=O) groups is 1. The van der Waals surface area contributed by atoms with Gasteiger partial charge in [0, 0.05) is 60.4 Å². The van der Waals surface area contributed by atoms with Gasteiger partial charge in [-0.3, -0.25) is 14.8 Å². The van der Waals surface area contributed by atoms with Gasteiger partial charge in [0.05, 0.1) is 11.3 Å². The number of aliphatic carboxylic acids is 1. The van der Waals surface area contributed by atoms with Gasteiger partial charge in [-0.1, -0.05) is 33.3 Å². The second-order valence-electron chi connectivity index (χ2n) is 13.6. The summed E-state index contributed by atoms with van der Waals surface area (Å²) in [4.78, 5) is 28.9.